The number of hydrogen-bond acceptors (Lipinski definition) is 5. The molecule has 0 amide bonds. The molecule has 7 nitrogen and oxygen atoms in total. The van der Waals surface area contributed by atoms with Crippen molar-refractivity contribution in [3.63, 3.8) is 0 Å². The zero-order chi connectivity index (χ0) is 18.3. The predicted molar refractivity (Wildman–Crippen MR) is 93.5 cm³/mol. The molecule has 2 aromatic heterocycles. The molecule has 3 aromatic rings. The second-order valence-electron chi connectivity index (χ2n) is 6.00. The Morgan fingerprint density at radius 3 is 2.72 bits per heavy atom. The molecule has 0 aliphatic carbocycles. The van der Waals surface area contributed by atoms with E-state index >= 15 is 0 Å². The van der Waals surface area contributed by atoms with Crippen molar-refractivity contribution in [1.82, 2.24) is 14.8 Å². The van der Waals surface area contributed by atoms with Gasteiger partial charge in [-0.2, -0.15) is 5.10 Å². The van der Waals surface area contributed by atoms with Crippen LogP contribution in [0, 0.1) is 17.6 Å². The highest BCUT2D eigenvalue weighted by Gasteiger charge is 2.19. The van der Waals surface area contributed by atoms with E-state index in [0.717, 1.165) is 16.1 Å². The van der Waals surface area contributed by atoms with E-state index in [9.17, 15) is 14.4 Å². The maximum Gasteiger partial charge on any atom is 0.152 e. The van der Waals surface area contributed by atoms with Gasteiger partial charge in [0.1, 0.15) is 5.52 Å². The molecule has 0 saturated carbocycles. The average Bonchev–Trinajstić information content (AvgIpc) is 2.91. The fraction of sp³-hybridized carbons (Fsp3) is 0.294. The zero-order valence-corrected chi connectivity index (χ0v) is 14.4. The Morgan fingerprint density at radius 2 is 2.08 bits per heavy atom. The molecule has 1 aromatic carbocycles. The Bertz CT molecular complexity index is 967. The van der Waals surface area contributed by atoms with Crippen LogP contribution in [0.25, 0.3) is 22.0 Å². The minimum Gasteiger partial charge on any atom is -0.387 e. The number of aliphatic hydroxyl groups excluding tert-OH is 1. The minimum absolute atomic E-state index is 0.209. The Hall–Kier alpha value is -2.87. The molecule has 1 atom stereocenters. The number of nitrogens with zero attached hydrogens (tertiary/aromatic N) is 5. The molecule has 1 unspecified atom stereocenters. The Labute approximate surface area is 143 Å². The lowest BCUT2D eigenvalue weighted by Crippen LogP contribution is -2.09. The number of hydrogen-bond donors (Lipinski definition) is 1. The molecule has 0 spiro atoms. The lowest BCUT2D eigenvalue weighted by molar-refractivity contribution is 0.190. The predicted octanol–water partition coefficient (Wildman–Crippen LogP) is 3.25. The van der Waals surface area contributed by atoms with Crippen molar-refractivity contribution < 1.29 is 9.50 Å². The topological polar surface area (TPSA) is 83.6 Å². The lowest BCUT2D eigenvalue weighted by Gasteiger charge is -2.12. The van der Waals surface area contributed by atoms with Crippen LogP contribution < -0.4 is 5.01 Å². The first-order valence-electron chi connectivity index (χ1n) is 7.71. The molecule has 2 heterocycles. The summed E-state index contributed by atoms with van der Waals surface area (Å²) in [7, 11) is 3.16. The van der Waals surface area contributed by atoms with Crippen molar-refractivity contribution in [2.75, 3.05) is 12.1 Å². The van der Waals surface area contributed by atoms with Gasteiger partial charge in [0.05, 0.1) is 17.1 Å². The van der Waals surface area contributed by atoms with Crippen molar-refractivity contribution in [3.8, 4) is 11.1 Å². The van der Waals surface area contributed by atoms with Gasteiger partial charge >= 0.3 is 0 Å². The number of pyridine rings is 1. The smallest absolute Gasteiger partial charge is 0.152 e. The van der Waals surface area contributed by atoms with E-state index in [1.807, 2.05) is 6.92 Å². The van der Waals surface area contributed by atoms with Gasteiger partial charge < -0.3 is 5.11 Å². The van der Waals surface area contributed by atoms with Crippen molar-refractivity contribution in [2.45, 2.75) is 20.0 Å². The number of aromatic nitrogens is 3. The summed E-state index contributed by atoms with van der Waals surface area (Å²) in [6, 6.07) is 4.85. The summed E-state index contributed by atoms with van der Waals surface area (Å²) in [5.74, 6) is -0.118. The fourth-order valence-corrected chi connectivity index (χ4v) is 2.97. The molecular weight excluding hydrogens is 325 g/mol. The number of anilines is 1. The highest BCUT2D eigenvalue weighted by atomic mass is 19.1. The maximum absolute atomic E-state index is 14.6. The molecule has 0 fully saturated rings. The number of nitroso groups, excluding NO2 is 1. The van der Waals surface area contributed by atoms with Crippen LogP contribution in [0.4, 0.5) is 10.2 Å². The summed E-state index contributed by atoms with van der Waals surface area (Å²) < 4.78 is 16.1. The van der Waals surface area contributed by atoms with Gasteiger partial charge in [0.2, 0.25) is 0 Å². The SMILES string of the molecule is Cc1cnc(N(C)N=O)cc1-c1cc(F)c2nn(C)c(C(C)O)c2c1. The number of halogens is 1. The van der Waals surface area contributed by atoms with Gasteiger partial charge in [-0.25, -0.2) is 14.4 Å². The van der Waals surface area contributed by atoms with E-state index in [2.05, 4.69) is 15.4 Å². The fourth-order valence-electron chi connectivity index (χ4n) is 2.97. The van der Waals surface area contributed by atoms with Gasteiger partial charge in [0, 0.05) is 25.7 Å². The number of aliphatic hydroxyl groups is 1. The first-order chi connectivity index (χ1) is 11.8. The van der Waals surface area contributed by atoms with Gasteiger partial charge in [0.25, 0.3) is 0 Å². The van der Waals surface area contributed by atoms with Crippen LogP contribution in [0.15, 0.2) is 29.7 Å². The number of fused-ring (bicyclic) bond motifs is 1. The Balaban J connectivity index is 2.26. The van der Waals surface area contributed by atoms with Crippen molar-refractivity contribution in [2.24, 2.45) is 12.3 Å². The van der Waals surface area contributed by atoms with Crippen LogP contribution >= 0.6 is 0 Å². The third-order valence-corrected chi connectivity index (χ3v) is 4.19. The summed E-state index contributed by atoms with van der Waals surface area (Å²) in [5, 5.41) is 18.6. The van der Waals surface area contributed by atoms with Gasteiger partial charge in [-0.05, 0) is 48.7 Å². The summed E-state index contributed by atoms with van der Waals surface area (Å²) in [6.07, 6.45) is 0.817. The van der Waals surface area contributed by atoms with Crippen LogP contribution in [0.2, 0.25) is 0 Å². The highest BCUT2D eigenvalue weighted by molar-refractivity contribution is 5.88. The monoisotopic (exact) mass is 343 g/mol. The van der Waals surface area contributed by atoms with E-state index < -0.39 is 11.9 Å². The van der Waals surface area contributed by atoms with E-state index in [0.29, 0.717) is 22.5 Å². The molecule has 0 aliphatic heterocycles. The molecule has 0 radical (unpaired) electrons. The zero-order valence-electron chi connectivity index (χ0n) is 14.4. The Kier molecular flexibility index (Phi) is 4.22. The third kappa shape index (κ3) is 2.85. The normalized spacial score (nSPS) is 12.4. The van der Waals surface area contributed by atoms with E-state index in [1.165, 1.54) is 17.8 Å². The molecular formula is C17H18FN5O2. The maximum atomic E-state index is 14.6. The van der Waals surface area contributed by atoms with E-state index in [1.54, 1.807) is 32.3 Å². The molecule has 0 aliphatic rings. The summed E-state index contributed by atoms with van der Waals surface area (Å²) in [4.78, 5) is 14.9. The van der Waals surface area contributed by atoms with Crippen LogP contribution in [-0.4, -0.2) is 26.9 Å². The van der Waals surface area contributed by atoms with E-state index in [4.69, 9.17) is 0 Å². The van der Waals surface area contributed by atoms with Gasteiger partial charge in [-0.15, -0.1) is 4.91 Å². The minimum atomic E-state index is -0.788. The largest absolute Gasteiger partial charge is 0.387 e. The molecule has 1 N–H and O–H groups in total. The molecule has 0 saturated heterocycles. The second-order valence-corrected chi connectivity index (χ2v) is 6.00. The molecule has 3 rings (SSSR count). The highest BCUT2D eigenvalue weighted by Crippen LogP contribution is 2.33. The van der Waals surface area contributed by atoms with Crippen molar-refractivity contribution in [1.29, 1.82) is 0 Å². The molecule has 130 valence electrons. The summed E-state index contributed by atoms with van der Waals surface area (Å²) in [6.45, 7) is 3.46. The lowest BCUT2D eigenvalue weighted by atomic mass is 9.99. The quantitative estimate of drug-likeness (QED) is 0.581. The second kappa shape index (κ2) is 6.21. The first kappa shape index (κ1) is 17.0. The number of benzene rings is 1. The van der Waals surface area contributed by atoms with Crippen LogP contribution in [0.3, 0.4) is 0 Å². The standard InChI is InChI=1S/C17H18FN5O2/c1-9-8-19-15(22(3)21-25)7-12(9)11-5-13-16(14(18)6-11)20-23(4)17(13)10(2)24/h5-8,10,24H,1-4H3. The van der Waals surface area contributed by atoms with Gasteiger partial charge in [0.15, 0.2) is 11.6 Å². The van der Waals surface area contributed by atoms with Gasteiger partial charge in [-0.1, -0.05) is 0 Å². The molecule has 0 bridgehead atoms. The molecule has 25 heavy (non-hydrogen) atoms. The van der Waals surface area contributed by atoms with Gasteiger partial charge in [-0.3, -0.25) is 4.68 Å². The molecule has 8 heteroatoms. The van der Waals surface area contributed by atoms with Crippen LogP contribution in [-0.2, 0) is 7.05 Å². The van der Waals surface area contributed by atoms with Crippen LogP contribution in [0.5, 0.6) is 0 Å². The third-order valence-electron chi connectivity index (χ3n) is 4.19. The Morgan fingerprint density at radius 1 is 1.36 bits per heavy atom. The van der Waals surface area contributed by atoms with E-state index in [-0.39, 0.29) is 5.52 Å². The number of rotatable bonds is 4. The number of aryl methyl sites for hydroxylation is 2. The first-order valence-corrected chi connectivity index (χ1v) is 7.71. The summed E-state index contributed by atoms with van der Waals surface area (Å²) >= 11 is 0. The van der Waals surface area contributed by atoms with Crippen LogP contribution in [0.1, 0.15) is 24.3 Å². The summed E-state index contributed by atoms with van der Waals surface area (Å²) in [5.41, 5.74) is 2.90. The van der Waals surface area contributed by atoms with Crippen molar-refractivity contribution in [3.05, 3.63) is 46.4 Å². The van der Waals surface area contributed by atoms with Crippen molar-refractivity contribution >= 4 is 16.7 Å². The average molecular weight is 343 g/mol.